The van der Waals surface area contributed by atoms with E-state index in [9.17, 15) is 13.2 Å². The van der Waals surface area contributed by atoms with Crippen LogP contribution < -0.4 is 4.74 Å². The molecule has 36 heavy (non-hydrogen) atoms. The lowest BCUT2D eigenvalue weighted by Gasteiger charge is -2.12. The third-order valence-electron chi connectivity index (χ3n) is 5.87. The molecule has 0 amide bonds. The summed E-state index contributed by atoms with van der Waals surface area (Å²) < 4.78 is 50.5. The van der Waals surface area contributed by atoms with E-state index in [0.717, 1.165) is 16.1 Å². The molecular weight excluding hydrogens is 531 g/mol. The summed E-state index contributed by atoms with van der Waals surface area (Å²) in [5.41, 5.74) is 3.23. The van der Waals surface area contributed by atoms with Gasteiger partial charge in [0.1, 0.15) is 12.4 Å². The summed E-state index contributed by atoms with van der Waals surface area (Å²) in [6.07, 6.45) is -4.56. The fourth-order valence-electron chi connectivity index (χ4n) is 4.00. The van der Waals surface area contributed by atoms with E-state index < -0.39 is 11.7 Å². The van der Waals surface area contributed by atoms with Crippen LogP contribution in [0.15, 0.2) is 83.3 Å². The molecule has 0 unspecified atom stereocenters. The topological polar surface area (TPSA) is 39.9 Å². The number of rotatable bonds is 5. The minimum atomic E-state index is -4.56. The van der Waals surface area contributed by atoms with Crippen LogP contribution in [0.1, 0.15) is 22.4 Å². The molecule has 2 heterocycles. The van der Waals surface area contributed by atoms with Gasteiger partial charge in [-0.3, -0.25) is 0 Å². The molecule has 0 spiro atoms. The Hall–Kier alpha value is -3.65. The van der Waals surface area contributed by atoms with Gasteiger partial charge in [-0.2, -0.15) is 18.3 Å². The second-order valence-electron chi connectivity index (χ2n) is 8.52. The predicted octanol–water partition coefficient (Wildman–Crippen LogP) is 8.06. The molecule has 8 heteroatoms. The summed E-state index contributed by atoms with van der Waals surface area (Å²) in [6, 6.07) is 23.2. The smallest absolute Gasteiger partial charge is 0.417 e. The molecule has 0 saturated heterocycles. The summed E-state index contributed by atoms with van der Waals surface area (Å²) >= 11 is 3.38. The zero-order chi connectivity index (χ0) is 25.4. The van der Waals surface area contributed by atoms with Gasteiger partial charge in [0.05, 0.1) is 28.0 Å². The SMILES string of the molecule is Cc1ccc(COc2ccc(-c3cc(C(F)(F)F)c4c(C)nn(-c5ccc(Br)cc5)c4n3)cc2)cc1. The molecule has 182 valence electrons. The van der Waals surface area contributed by atoms with E-state index in [-0.39, 0.29) is 22.4 Å². The number of ether oxygens (including phenoxy) is 1. The van der Waals surface area contributed by atoms with Gasteiger partial charge < -0.3 is 4.74 Å². The fraction of sp³-hybridized carbons (Fsp3) is 0.143. The van der Waals surface area contributed by atoms with Gasteiger partial charge in [-0.1, -0.05) is 45.8 Å². The van der Waals surface area contributed by atoms with Crippen LogP contribution in [0.3, 0.4) is 0 Å². The van der Waals surface area contributed by atoms with E-state index in [0.29, 0.717) is 23.6 Å². The zero-order valence-corrected chi connectivity index (χ0v) is 21.1. The number of aryl methyl sites for hydroxylation is 2. The highest BCUT2D eigenvalue weighted by Gasteiger charge is 2.35. The van der Waals surface area contributed by atoms with Gasteiger partial charge in [0.25, 0.3) is 0 Å². The van der Waals surface area contributed by atoms with Crippen LogP contribution in [0, 0.1) is 13.8 Å². The molecule has 0 fully saturated rings. The Morgan fingerprint density at radius 3 is 2.19 bits per heavy atom. The zero-order valence-electron chi connectivity index (χ0n) is 19.5. The van der Waals surface area contributed by atoms with Crippen LogP contribution in [0.4, 0.5) is 13.2 Å². The van der Waals surface area contributed by atoms with E-state index in [2.05, 4.69) is 26.0 Å². The Morgan fingerprint density at radius 1 is 0.889 bits per heavy atom. The monoisotopic (exact) mass is 551 g/mol. The number of benzene rings is 3. The average Bonchev–Trinajstić information content (AvgIpc) is 3.19. The number of fused-ring (bicyclic) bond motifs is 1. The molecule has 0 N–H and O–H groups in total. The van der Waals surface area contributed by atoms with Crippen molar-refractivity contribution in [1.29, 1.82) is 0 Å². The lowest BCUT2D eigenvalue weighted by atomic mass is 10.0. The average molecular weight is 552 g/mol. The molecule has 0 aliphatic heterocycles. The van der Waals surface area contributed by atoms with Crippen molar-refractivity contribution >= 4 is 27.0 Å². The Balaban J connectivity index is 1.53. The Kier molecular flexibility index (Phi) is 6.30. The third-order valence-corrected chi connectivity index (χ3v) is 6.39. The first kappa shape index (κ1) is 24.1. The van der Waals surface area contributed by atoms with Gasteiger partial charge >= 0.3 is 6.18 Å². The van der Waals surface area contributed by atoms with Crippen LogP contribution in [-0.4, -0.2) is 14.8 Å². The maximum atomic E-state index is 14.1. The molecule has 0 aliphatic rings. The molecule has 0 saturated carbocycles. The van der Waals surface area contributed by atoms with Crippen molar-refractivity contribution in [2.24, 2.45) is 0 Å². The molecular formula is C28H21BrF3N3O. The fourth-order valence-corrected chi connectivity index (χ4v) is 4.26. The summed E-state index contributed by atoms with van der Waals surface area (Å²) in [4.78, 5) is 4.62. The van der Waals surface area contributed by atoms with E-state index >= 15 is 0 Å². The summed E-state index contributed by atoms with van der Waals surface area (Å²) in [5, 5.41) is 4.38. The highest BCUT2D eigenvalue weighted by atomic mass is 79.9. The van der Waals surface area contributed by atoms with Crippen molar-refractivity contribution in [2.45, 2.75) is 26.6 Å². The van der Waals surface area contributed by atoms with Gasteiger partial charge in [-0.15, -0.1) is 0 Å². The summed E-state index contributed by atoms with van der Waals surface area (Å²) in [6.45, 7) is 3.98. The van der Waals surface area contributed by atoms with Gasteiger partial charge in [-0.05, 0) is 74.0 Å². The maximum Gasteiger partial charge on any atom is 0.417 e. The van der Waals surface area contributed by atoms with Crippen molar-refractivity contribution in [1.82, 2.24) is 14.8 Å². The Morgan fingerprint density at radius 2 is 1.56 bits per heavy atom. The number of pyridine rings is 1. The normalized spacial score (nSPS) is 11.7. The molecule has 5 rings (SSSR count). The van der Waals surface area contributed by atoms with E-state index in [1.54, 1.807) is 43.3 Å². The largest absolute Gasteiger partial charge is 0.489 e. The second kappa shape index (κ2) is 9.43. The first-order chi connectivity index (χ1) is 17.2. The minimum absolute atomic E-state index is 0.00720. The Labute approximate surface area is 214 Å². The van der Waals surface area contributed by atoms with Gasteiger partial charge in [0.2, 0.25) is 0 Å². The number of aromatic nitrogens is 3. The van der Waals surface area contributed by atoms with Gasteiger partial charge in [0.15, 0.2) is 5.65 Å². The van der Waals surface area contributed by atoms with Crippen LogP contribution in [0.2, 0.25) is 0 Å². The number of hydrogen-bond acceptors (Lipinski definition) is 3. The molecule has 2 aromatic heterocycles. The summed E-state index contributed by atoms with van der Waals surface area (Å²) in [5.74, 6) is 0.618. The molecule has 5 aromatic rings. The highest BCUT2D eigenvalue weighted by molar-refractivity contribution is 9.10. The second-order valence-corrected chi connectivity index (χ2v) is 9.44. The van der Waals surface area contributed by atoms with Crippen LogP contribution in [0.25, 0.3) is 28.0 Å². The van der Waals surface area contributed by atoms with Crippen molar-refractivity contribution in [2.75, 3.05) is 0 Å². The van der Waals surface area contributed by atoms with E-state index in [1.807, 2.05) is 43.3 Å². The summed E-state index contributed by atoms with van der Waals surface area (Å²) in [7, 11) is 0. The number of hydrogen-bond donors (Lipinski definition) is 0. The van der Waals surface area contributed by atoms with Crippen molar-refractivity contribution in [3.05, 3.63) is 106 Å². The third kappa shape index (κ3) is 4.86. The number of halogens is 4. The Bertz CT molecular complexity index is 1520. The van der Waals surface area contributed by atoms with Crippen LogP contribution in [-0.2, 0) is 12.8 Å². The first-order valence-electron chi connectivity index (χ1n) is 11.2. The quantitative estimate of drug-likeness (QED) is 0.222. The van der Waals surface area contributed by atoms with E-state index in [4.69, 9.17) is 4.74 Å². The van der Waals surface area contributed by atoms with Gasteiger partial charge in [0, 0.05) is 10.0 Å². The predicted molar refractivity (Wildman–Crippen MR) is 137 cm³/mol. The van der Waals surface area contributed by atoms with E-state index in [1.165, 1.54) is 10.2 Å². The maximum absolute atomic E-state index is 14.1. The molecule has 0 aliphatic carbocycles. The first-order valence-corrected chi connectivity index (χ1v) is 12.0. The standard InChI is InChI=1S/C28H21BrF3N3O/c1-17-3-5-19(6-4-17)16-36-23-13-7-20(8-14-23)25-15-24(28(30,31)32)26-18(2)34-35(27(26)33-25)22-11-9-21(29)10-12-22/h3-15H,16H2,1-2H3. The number of alkyl halides is 3. The van der Waals surface area contributed by atoms with Gasteiger partial charge in [-0.25, -0.2) is 9.67 Å². The van der Waals surface area contributed by atoms with Crippen molar-refractivity contribution in [3.63, 3.8) is 0 Å². The molecule has 3 aromatic carbocycles. The van der Waals surface area contributed by atoms with Crippen molar-refractivity contribution < 1.29 is 17.9 Å². The molecule has 0 bridgehead atoms. The van der Waals surface area contributed by atoms with Crippen LogP contribution in [0.5, 0.6) is 5.75 Å². The minimum Gasteiger partial charge on any atom is -0.489 e. The van der Waals surface area contributed by atoms with Crippen molar-refractivity contribution in [3.8, 4) is 22.7 Å². The lowest BCUT2D eigenvalue weighted by molar-refractivity contribution is -0.136. The highest BCUT2D eigenvalue weighted by Crippen LogP contribution is 2.39. The molecule has 4 nitrogen and oxygen atoms in total. The lowest BCUT2D eigenvalue weighted by Crippen LogP contribution is -2.08. The molecule has 0 atom stereocenters. The van der Waals surface area contributed by atoms with Crippen LogP contribution >= 0.6 is 15.9 Å². The number of nitrogens with zero attached hydrogens (tertiary/aromatic N) is 3. The molecule has 0 radical (unpaired) electrons.